The lowest BCUT2D eigenvalue weighted by atomic mass is 10.2. The Bertz CT molecular complexity index is 1020. The molecule has 4 rings (SSSR count). The SMILES string of the molecule is COc1cc(CCC(=O)Nc2c(C(=O)N3CCOCC3)oc3ccccc23)on1. The number of anilines is 1. The molecule has 1 fully saturated rings. The van der Waals surface area contributed by atoms with Gasteiger partial charge in [0.1, 0.15) is 17.0 Å². The number of carbonyl (C=O) groups excluding carboxylic acids is 2. The average Bonchev–Trinajstić information content (AvgIpc) is 3.37. The molecule has 1 aliphatic heterocycles. The van der Waals surface area contributed by atoms with Crippen molar-refractivity contribution in [3.63, 3.8) is 0 Å². The van der Waals surface area contributed by atoms with Gasteiger partial charge in [-0.15, -0.1) is 0 Å². The lowest BCUT2D eigenvalue weighted by Gasteiger charge is -2.26. The van der Waals surface area contributed by atoms with Crippen LogP contribution in [0, 0.1) is 0 Å². The smallest absolute Gasteiger partial charge is 0.291 e. The van der Waals surface area contributed by atoms with Gasteiger partial charge in [-0.3, -0.25) is 9.59 Å². The number of furan rings is 1. The van der Waals surface area contributed by atoms with Crippen LogP contribution in [0.15, 0.2) is 39.3 Å². The Labute approximate surface area is 166 Å². The Balaban J connectivity index is 1.53. The summed E-state index contributed by atoms with van der Waals surface area (Å²) in [5, 5.41) is 7.23. The molecule has 3 aromatic rings. The third-order valence-electron chi connectivity index (χ3n) is 4.70. The van der Waals surface area contributed by atoms with Crippen LogP contribution in [0.5, 0.6) is 5.88 Å². The summed E-state index contributed by atoms with van der Waals surface area (Å²) in [5.74, 6) is 0.504. The van der Waals surface area contributed by atoms with E-state index in [-0.39, 0.29) is 24.0 Å². The van der Waals surface area contributed by atoms with Gasteiger partial charge in [0.05, 0.1) is 20.3 Å². The highest BCUT2D eigenvalue weighted by Crippen LogP contribution is 2.32. The van der Waals surface area contributed by atoms with Gasteiger partial charge in [0.15, 0.2) is 0 Å². The zero-order valence-electron chi connectivity index (χ0n) is 16.0. The highest BCUT2D eigenvalue weighted by atomic mass is 16.5. The molecule has 1 aliphatic rings. The highest BCUT2D eigenvalue weighted by molar-refractivity contribution is 6.10. The maximum atomic E-state index is 13.0. The first kappa shape index (κ1) is 19.0. The van der Waals surface area contributed by atoms with Gasteiger partial charge in [0, 0.05) is 37.4 Å². The maximum Gasteiger partial charge on any atom is 0.291 e. The second kappa shape index (κ2) is 8.36. The summed E-state index contributed by atoms with van der Waals surface area (Å²) in [7, 11) is 1.49. The van der Waals surface area contributed by atoms with E-state index < -0.39 is 0 Å². The van der Waals surface area contributed by atoms with Gasteiger partial charge in [-0.1, -0.05) is 12.1 Å². The number of nitrogens with zero attached hydrogens (tertiary/aromatic N) is 2. The maximum absolute atomic E-state index is 13.0. The molecule has 2 amide bonds. The molecule has 0 radical (unpaired) electrons. The Morgan fingerprint density at radius 2 is 2.03 bits per heavy atom. The van der Waals surface area contributed by atoms with Crippen LogP contribution in [0.1, 0.15) is 22.7 Å². The van der Waals surface area contributed by atoms with Crippen molar-refractivity contribution in [1.82, 2.24) is 10.1 Å². The first-order chi connectivity index (χ1) is 14.2. The molecule has 0 bridgehead atoms. The summed E-state index contributed by atoms with van der Waals surface area (Å²) in [6, 6.07) is 8.86. The van der Waals surface area contributed by atoms with Crippen molar-refractivity contribution in [2.75, 3.05) is 38.7 Å². The van der Waals surface area contributed by atoms with Crippen LogP contribution >= 0.6 is 0 Å². The standard InChI is InChI=1S/C20H21N3O6/c1-26-17-12-13(29-22-17)6-7-16(24)21-18-14-4-2-3-5-15(14)28-19(18)20(25)23-8-10-27-11-9-23/h2-5,12H,6-11H2,1H3,(H,21,24). The summed E-state index contributed by atoms with van der Waals surface area (Å²) >= 11 is 0. The van der Waals surface area contributed by atoms with Crippen LogP contribution in [0.2, 0.25) is 0 Å². The van der Waals surface area contributed by atoms with E-state index in [9.17, 15) is 9.59 Å². The largest absolute Gasteiger partial charge is 0.479 e. The molecule has 1 aromatic carbocycles. The van der Waals surface area contributed by atoms with Gasteiger partial charge < -0.3 is 28.6 Å². The number of morpholine rings is 1. The van der Waals surface area contributed by atoms with Crippen LogP contribution in [0.4, 0.5) is 5.69 Å². The zero-order chi connectivity index (χ0) is 20.2. The molecule has 29 heavy (non-hydrogen) atoms. The number of fused-ring (bicyclic) bond motifs is 1. The lowest BCUT2D eigenvalue weighted by Crippen LogP contribution is -2.40. The second-order valence-electron chi connectivity index (χ2n) is 6.59. The first-order valence-corrected chi connectivity index (χ1v) is 9.33. The quantitative estimate of drug-likeness (QED) is 0.678. The molecule has 3 heterocycles. The van der Waals surface area contributed by atoms with Crippen molar-refractivity contribution in [2.24, 2.45) is 0 Å². The fourth-order valence-electron chi connectivity index (χ4n) is 3.18. The van der Waals surface area contributed by atoms with Gasteiger partial charge >= 0.3 is 0 Å². The predicted molar refractivity (Wildman–Crippen MR) is 103 cm³/mol. The van der Waals surface area contributed by atoms with Crippen molar-refractivity contribution in [2.45, 2.75) is 12.8 Å². The summed E-state index contributed by atoms with van der Waals surface area (Å²) in [4.78, 5) is 27.2. The second-order valence-corrected chi connectivity index (χ2v) is 6.59. The van der Waals surface area contributed by atoms with Crippen molar-refractivity contribution in [3.8, 4) is 5.88 Å². The van der Waals surface area contributed by atoms with Gasteiger partial charge in [0.2, 0.25) is 11.7 Å². The van der Waals surface area contributed by atoms with Crippen LogP contribution in [0.25, 0.3) is 11.0 Å². The lowest BCUT2D eigenvalue weighted by molar-refractivity contribution is -0.116. The van der Waals surface area contributed by atoms with E-state index in [1.165, 1.54) is 7.11 Å². The van der Waals surface area contributed by atoms with Crippen molar-refractivity contribution < 1.29 is 28.0 Å². The van der Waals surface area contributed by atoms with Crippen molar-refractivity contribution in [1.29, 1.82) is 0 Å². The molecule has 1 saturated heterocycles. The third kappa shape index (κ3) is 4.09. The van der Waals surface area contributed by atoms with Gasteiger partial charge in [-0.25, -0.2) is 0 Å². The fourth-order valence-corrected chi connectivity index (χ4v) is 3.18. The zero-order valence-corrected chi connectivity index (χ0v) is 16.0. The molecule has 9 heteroatoms. The minimum atomic E-state index is -0.264. The molecule has 9 nitrogen and oxygen atoms in total. The summed E-state index contributed by atoms with van der Waals surface area (Å²) in [6.07, 6.45) is 0.508. The number of ether oxygens (including phenoxy) is 2. The Kier molecular flexibility index (Phi) is 5.48. The highest BCUT2D eigenvalue weighted by Gasteiger charge is 2.27. The number of carbonyl (C=O) groups is 2. The predicted octanol–water partition coefficient (Wildman–Crippen LogP) is 2.47. The molecule has 0 aliphatic carbocycles. The van der Waals surface area contributed by atoms with Crippen LogP contribution < -0.4 is 10.1 Å². The summed E-state index contributed by atoms with van der Waals surface area (Å²) in [6.45, 7) is 1.93. The number of para-hydroxylation sites is 1. The minimum Gasteiger partial charge on any atom is -0.479 e. The molecule has 1 N–H and O–H groups in total. The molecule has 0 spiro atoms. The van der Waals surface area contributed by atoms with Gasteiger partial charge in [-0.2, -0.15) is 0 Å². The van der Waals surface area contributed by atoms with E-state index in [1.54, 1.807) is 17.0 Å². The number of rotatable bonds is 6. The molecular formula is C20H21N3O6. The monoisotopic (exact) mass is 399 g/mol. The van der Waals surface area contributed by atoms with E-state index in [1.807, 2.05) is 18.2 Å². The molecule has 2 aromatic heterocycles. The van der Waals surface area contributed by atoms with E-state index >= 15 is 0 Å². The Morgan fingerprint density at radius 1 is 1.24 bits per heavy atom. The number of aromatic nitrogens is 1. The minimum absolute atomic E-state index is 0.128. The third-order valence-corrected chi connectivity index (χ3v) is 4.70. The molecule has 0 saturated carbocycles. The molecule has 152 valence electrons. The van der Waals surface area contributed by atoms with Gasteiger partial charge in [0.25, 0.3) is 11.8 Å². The van der Waals surface area contributed by atoms with E-state index in [0.717, 1.165) is 0 Å². The number of amides is 2. The van der Waals surface area contributed by atoms with Crippen LogP contribution in [-0.2, 0) is 16.0 Å². The normalized spacial score (nSPS) is 14.2. The fraction of sp³-hybridized carbons (Fsp3) is 0.350. The van der Waals surface area contributed by atoms with Crippen molar-refractivity contribution in [3.05, 3.63) is 41.9 Å². The molecule has 0 atom stereocenters. The molecule has 0 unspecified atom stereocenters. The van der Waals surface area contributed by atoms with Crippen molar-refractivity contribution >= 4 is 28.5 Å². The van der Waals surface area contributed by atoms with E-state index in [4.69, 9.17) is 18.4 Å². The summed E-state index contributed by atoms with van der Waals surface area (Å²) in [5.41, 5.74) is 0.927. The number of nitrogens with one attached hydrogen (secondary N) is 1. The van der Waals surface area contributed by atoms with E-state index in [0.29, 0.717) is 61.0 Å². The Hall–Kier alpha value is -3.33. The summed E-state index contributed by atoms with van der Waals surface area (Å²) < 4.78 is 21.2. The van der Waals surface area contributed by atoms with Crippen LogP contribution in [0.3, 0.4) is 0 Å². The van der Waals surface area contributed by atoms with Gasteiger partial charge in [-0.05, 0) is 17.3 Å². The average molecular weight is 399 g/mol. The number of hydrogen-bond acceptors (Lipinski definition) is 7. The van der Waals surface area contributed by atoms with Crippen LogP contribution in [-0.4, -0.2) is 55.3 Å². The Morgan fingerprint density at radius 3 is 2.79 bits per heavy atom. The number of methoxy groups -OCH3 is 1. The van der Waals surface area contributed by atoms with E-state index in [2.05, 4.69) is 10.5 Å². The number of aryl methyl sites for hydroxylation is 1. The number of benzene rings is 1. The number of hydrogen-bond donors (Lipinski definition) is 1. The first-order valence-electron chi connectivity index (χ1n) is 9.33. The topological polar surface area (TPSA) is 107 Å². The molecular weight excluding hydrogens is 378 g/mol.